The molecule has 0 aromatic carbocycles. The highest BCUT2D eigenvalue weighted by Gasteiger charge is 2.27. The zero-order chi connectivity index (χ0) is 11.0. The normalized spacial score (nSPS) is 14.4. The van der Waals surface area contributed by atoms with Gasteiger partial charge in [0.2, 0.25) is 0 Å². The van der Waals surface area contributed by atoms with Gasteiger partial charge in [0.05, 0.1) is 0 Å². The van der Waals surface area contributed by atoms with E-state index < -0.39 is 12.8 Å². The van der Waals surface area contributed by atoms with Crippen molar-refractivity contribution in [2.75, 3.05) is 13.2 Å². The van der Waals surface area contributed by atoms with E-state index in [4.69, 9.17) is 5.73 Å². The lowest BCUT2D eigenvalue weighted by molar-refractivity contribution is -0.174. The van der Waals surface area contributed by atoms with Gasteiger partial charge in [-0.1, -0.05) is 6.92 Å². The first-order valence-corrected chi connectivity index (χ1v) is 4.85. The van der Waals surface area contributed by atoms with Crippen LogP contribution in [0.4, 0.5) is 13.2 Å². The fourth-order valence-electron chi connectivity index (χ4n) is 1.00. The van der Waals surface area contributed by atoms with Crippen LogP contribution in [0.2, 0.25) is 0 Å². The van der Waals surface area contributed by atoms with E-state index in [0.717, 1.165) is 19.3 Å². The first-order valence-electron chi connectivity index (χ1n) is 4.85. The van der Waals surface area contributed by atoms with Crippen LogP contribution in [0.15, 0.2) is 0 Å². The predicted octanol–water partition coefficient (Wildman–Crippen LogP) is 2.47. The Morgan fingerprint density at radius 2 is 1.93 bits per heavy atom. The number of rotatable bonds is 7. The van der Waals surface area contributed by atoms with E-state index in [1.54, 1.807) is 0 Å². The fourth-order valence-corrected chi connectivity index (χ4v) is 1.00. The van der Waals surface area contributed by atoms with Crippen molar-refractivity contribution in [2.24, 2.45) is 5.73 Å². The molecule has 0 fully saturated rings. The SMILES string of the molecule is CCC(N)CCCCOCC(F)(F)F. The molecule has 5 heteroatoms. The Morgan fingerprint density at radius 1 is 1.29 bits per heavy atom. The lowest BCUT2D eigenvalue weighted by Crippen LogP contribution is -2.19. The molecule has 2 nitrogen and oxygen atoms in total. The number of nitrogens with two attached hydrogens (primary N) is 1. The van der Waals surface area contributed by atoms with Crippen molar-refractivity contribution in [3.8, 4) is 0 Å². The average Bonchev–Trinajstić information content (AvgIpc) is 2.08. The van der Waals surface area contributed by atoms with Gasteiger partial charge in [-0.25, -0.2) is 0 Å². The molecule has 0 rings (SSSR count). The number of alkyl halides is 3. The van der Waals surface area contributed by atoms with Gasteiger partial charge in [-0.15, -0.1) is 0 Å². The van der Waals surface area contributed by atoms with Gasteiger partial charge in [-0.2, -0.15) is 13.2 Å². The molecule has 1 unspecified atom stereocenters. The third-order valence-electron chi connectivity index (χ3n) is 1.90. The Kier molecular flexibility index (Phi) is 6.92. The minimum Gasteiger partial charge on any atom is -0.372 e. The van der Waals surface area contributed by atoms with Crippen LogP contribution in [0.1, 0.15) is 32.6 Å². The van der Waals surface area contributed by atoms with Gasteiger partial charge in [0.1, 0.15) is 6.61 Å². The molecule has 0 aromatic heterocycles. The molecule has 0 amide bonds. The molecule has 0 heterocycles. The van der Waals surface area contributed by atoms with Crippen LogP contribution in [0.3, 0.4) is 0 Å². The van der Waals surface area contributed by atoms with Crippen LogP contribution < -0.4 is 5.73 Å². The summed E-state index contributed by atoms with van der Waals surface area (Å²) in [4.78, 5) is 0. The summed E-state index contributed by atoms with van der Waals surface area (Å²) in [6, 6.07) is 0.164. The molecule has 0 spiro atoms. The number of hydrogen-bond acceptors (Lipinski definition) is 2. The van der Waals surface area contributed by atoms with Crippen LogP contribution in [0, 0.1) is 0 Å². The van der Waals surface area contributed by atoms with E-state index in [9.17, 15) is 13.2 Å². The molecule has 0 aliphatic rings. The maximum absolute atomic E-state index is 11.6. The van der Waals surface area contributed by atoms with Crippen LogP contribution >= 0.6 is 0 Å². The van der Waals surface area contributed by atoms with E-state index >= 15 is 0 Å². The Hall–Kier alpha value is -0.290. The van der Waals surface area contributed by atoms with Gasteiger partial charge < -0.3 is 10.5 Å². The van der Waals surface area contributed by atoms with E-state index in [0.29, 0.717) is 6.42 Å². The largest absolute Gasteiger partial charge is 0.411 e. The van der Waals surface area contributed by atoms with Crippen molar-refractivity contribution in [3.05, 3.63) is 0 Å². The third kappa shape index (κ3) is 9.80. The third-order valence-corrected chi connectivity index (χ3v) is 1.90. The second-order valence-corrected chi connectivity index (χ2v) is 3.33. The van der Waals surface area contributed by atoms with E-state index in [2.05, 4.69) is 4.74 Å². The lowest BCUT2D eigenvalue weighted by Gasteiger charge is -2.09. The highest BCUT2D eigenvalue weighted by atomic mass is 19.4. The monoisotopic (exact) mass is 213 g/mol. The summed E-state index contributed by atoms with van der Waals surface area (Å²) in [6.45, 7) is 1.01. The summed E-state index contributed by atoms with van der Waals surface area (Å²) < 4.78 is 39.3. The maximum Gasteiger partial charge on any atom is 0.411 e. The molecule has 0 aromatic rings. The van der Waals surface area contributed by atoms with Crippen LogP contribution in [-0.2, 0) is 4.74 Å². The second kappa shape index (κ2) is 7.06. The number of hydrogen-bond donors (Lipinski definition) is 1. The van der Waals surface area contributed by atoms with Crippen molar-refractivity contribution >= 4 is 0 Å². The Bertz CT molecular complexity index is 139. The average molecular weight is 213 g/mol. The molecule has 0 aliphatic heterocycles. The van der Waals surface area contributed by atoms with Crippen LogP contribution in [-0.4, -0.2) is 25.4 Å². The summed E-state index contributed by atoms with van der Waals surface area (Å²) in [6.07, 6.45) is -0.980. The highest BCUT2D eigenvalue weighted by molar-refractivity contribution is 4.57. The summed E-state index contributed by atoms with van der Waals surface area (Å²) in [5.41, 5.74) is 5.64. The zero-order valence-corrected chi connectivity index (χ0v) is 8.44. The van der Waals surface area contributed by atoms with E-state index in [-0.39, 0.29) is 12.6 Å². The summed E-state index contributed by atoms with van der Waals surface area (Å²) >= 11 is 0. The van der Waals surface area contributed by atoms with E-state index in [1.165, 1.54) is 0 Å². The summed E-state index contributed by atoms with van der Waals surface area (Å²) in [5.74, 6) is 0. The Labute approximate surface area is 82.6 Å². The Morgan fingerprint density at radius 3 is 2.43 bits per heavy atom. The topological polar surface area (TPSA) is 35.2 Å². The van der Waals surface area contributed by atoms with Crippen molar-refractivity contribution in [1.29, 1.82) is 0 Å². The first kappa shape index (κ1) is 13.7. The van der Waals surface area contributed by atoms with Gasteiger partial charge in [0.15, 0.2) is 0 Å². The van der Waals surface area contributed by atoms with Crippen LogP contribution in [0.25, 0.3) is 0 Å². The molecule has 1 atom stereocenters. The number of halogens is 3. The minimum atomic E-state index is -4.21. The van der Waals surface area contributed by atoms with Gasteiger partial charge in [-0.05, 0) is 25.7 Å². The fraction of sp³-hybridized carbons (Fsp3) is 1.00. The van der Waals surface area contributed by atoms with Gasteiger partial charge in [0, 0.05) is 12.6 Å². The van der Waals surface area contributed by atoms with Crippen molar-refractivity contribution in [2.45, 2.75) is 44.8 Å². The van der Waals surface area contributed by atoms with Gasteiger partial charge >= 0.3 is 6.18 Å². The van der Waals surface area contributed by atoms with Crippen LogP contribution in [0.5, 0.6) is 0 Å². The molecule has 0 bridgehead atoms. The Balaban J connectivity index is 3.14. The first-order chi connectivity index (χ1) is 6.45. The number of unbranched alkanes of at least 4 members (excludes halogenated alkanes) is 1. The number of ether oxygens (including phenoxy) is 1. The molecular formula is C9H18F3NO. The minimum absolute atomic E-state index is 0.163. The molecule has 86 valence electrons. The quantitative estimate of drug-likeness (QED) is 0.659. The lowest BCUT2D eigenvalue weighted by atomic mass is 10.1. The van der Waals surface area contributed by atoms with Crippen molar-refractivity contribution < 1.29 is 17.9 Å². The molecule has 0 saturated heterocycles. The van der Waals surface area contributed by atoms with Crippen molar-refractivity contribution in [1.82, 2.24) is 0 Å². The van der Waals surface area contributed by atoms with E-state index in [1.807, 2.05) is 6.92 Å². The molecular weight excluding hydrogens is 195 g/mol. The summed E-state index contributed by atoms with van der Waals surface area (Å²) in [7, 11) is 0. The molecule has 0 aliphatic carbocycles. The molecule has 0 radical (unpaired) electrons. The van der Waals surface area contributed by atoms with Gasteiger partial charge in [0.25, 0.3) is 0 Å². The van der Waals surface area contributed by atoms with Crippen molar-refractivity contribution in [3.63, 3.8) is 0 Å². The van der Waals surface area contributed by atoms with Gasteiger partial charge in [-0.3, -0.25) is 0 Å². The summed E-state index contributed by atoms with van der Waals surface area (Å²) in [5, 5.41) is 0. The second-order valence-electron chi connectivity index (χ2n) is 3.33. The smallest absolute Gasteiger partial charge is 0.372 e. The molecule has 0 saturated carbocycles. The zero-order valence-electron chi connectivity index (χ0n) is 8.44. The molecule has 2 N–H and O–H groups in total. The highest BCUT2D eigenvalue weighted by Crippen LogP contribution is 2.14. The maximum atomic E-state index is 11.6. The molecule has 14 heavy (non-hydrogen) atoms. The predicted molar refractivity (Wildman–Crippen MR) is 49.0 cm³/mol. The standard InChI is InChI=1S/C9H18F3NO/c1-2-8(13)5-3-4-6-14-7-9(10,11)12/h8H,2-7,13H2,1H3.